The summed E-state index contributed by atoms with van der Waals surface area (Å²) in [6, 6.07) is 9.80. The van der Waals surface area contributed by atoms with Gasteiger partial charge in [0.25, 0.3) is 5.91 Å². The predicted molar refractivity (Wildman–Crippen MR) is 103 cm³/mol. The Morgan fingerprint density at radius 2 is 1.81 bits per heavy atom. The minimum absolute atomic E-state index is 0.191. The molecule has 1 spiro atoms. The molecule has 1 saturated carbocycles. The molecular formula is C21H29N3O3. The number of likely N-dealkylation sites (N-methyl/N-ethyl adjacent to an activating group) is 1. The van der Waals surface area contributed by atoms with Gasteiger partial charge in [-0.25, -0.2) is 4.79 Å². The SMILES string of the molecule is CC(CCNC(=O)CN1C(=O)N(C)C2(CCCCC2)C1=O)c1ccccc1. The quantitative estimate of drug-likeness (QED) is 0.782. The second kappa shape index (κ2) is 8.11. The Morgan fingerprint density at radius 1 is 1.15 bits per heavy atom. The molecule has 1 unspecified atom stereocenters. The predicted octanol–water partition coefficient (Wildman–Crippen LogP) is 2.89. The maximum atomic E-state index is 12.9. The molecule has 4 amide bonds. The van der Waals surface area contributed by atoms with Gasteiger partial charge in [-0.15, -0.1) is 0 Å². The Kier molecular flexibility index (Phi) is 5.82. The Morgan fingerprint density at radius 3 is 2.48 bits per heavy atom. The van der Waals surface area contributed by atoms with Crippen molar-refractivity contribution in [2.24, 2.45) is 0 Å². The first-order chi connectivity index (χ1) is 13.0. The molecule has 6 nitrogen and oxygen atoms in total. The van der Waals surface area contributed by atoms with Gasteiger partial charge in [0.2, 0.25) is 5.91 Å². The van der Waals surface area contributed by atoms with Crippen molar-refractivity contribution in [1.82, 2.24) is 15.1 Å². The minimum Gasteiger partial charge on any atom is -0.355 e. The number of rotatable bonds is 6. The van der Waals surface area contributed by atoms with Crippen LogP contribution >= 0.6 is 0 Å². The molecule has 1 aromatic carbocycles. The maximum Gasteiger partial charge on any atom is 0.327 e. The molecule has 1 heterocycles. The van der Waals surface area contributed by atoms with E-state index in [2.05, 4.69) is 24.4 Å². The van der Waals surface area contributed by atoms with Crippen LogP contribution in [0.15, 0.2) is 30.3 Å². The van der Waals surface area contributed by atoms with E-state index >= 15 is 0 Å². The van der Waals surface area contributed by atoms with Crippen LogP contribution in [-0.4, -0.2) is 53.3 Å². The Hall–Kier alpha value is -2.37. The van der Waals surface area contributed by atoms with Gasteiger partial charge in [-0.2, -0.15) is 0 Å². The molecule has 0 radical (unpaired) electrons. The number of amides is 4. The van der Waals surface area contributed by atoms with E-state index in [1.54, 1.807) is 11.9 Å². The summed E-state index contributed by atoms with van der Waals surface area (Å²) in [4.78, 5) is 40.4. The highest BCUT2D eigenvalue weighted by Gasteiger charge is 2.55. The summed E-state index contributed by atoms with van der Waals surface area (Å²) in [7, 11) is 1.69. The summed E-state index contributed by atoms with van der Waals surface area (Å²) in [5.41, 5.74) is 0.509. The van der Waals surface area contributed by atoms with E-state index in [1.165, 1.54) is 5.56 Å². The van der Waals surface area contributed by atoms with Crippen LogP contribution in [0.3, 0.4) is 0 Å². The highest BCUT2D eigenvalue weighted by atomic mass is 16.2. The van der Waals surface area contributed by atoms with E-state index in [0.29, 0.717) is 25.3 Å². The van der Waals surface area contributed by atoms with Crippen LogP contribution in [0.4, 0.5) is 4.79 Å². The lowest BCUT2D eigenvalue weighted by molar-refractivity contribution is -0.137. The molecular weight excluding hydrogens is 342 g/mol. The number of nitrogens with one attached hydrogen (secondary N) is 1. The van der Waals surface area contributed by atoms with Crippen LogP contribution in [0.25, 0.3) is 0 Å². The lowest BCUT2D eigenvalue weighted by Crippen LogP contribution is -2.49. The Labute approximate surface area is 160 Å². The summed E-state index contributed by atoms with van der Waals surface area (Å²) >= 11 is 0. The molecule has 0 bridgehead atoms. The van der Waals surface area contributed by atoms with Crippen LogP contribution in [0.5, 0.6) is 0 Å². The van der Waals surface area contributed by atoms with Gasteiger partial charge in [-0.05, 0) is 30.7 Å². The molecule has 27 heavy (non-hydrogen) atoms. The Balaban J connectivity index is 1.52. The molecule has 1 atom stereocenters. The number of nitrogens with zero attached hydrogens (tertiary/aromatic N) is 2. The molecule has 1 aliphatic carbocycles. The molecule has 2 fully saturated rings. The van der Waals surface area contributed by atoms with Crippen molar-refractivity contribution in [1.29, 1.82) is 0 Å². The largest absolute Gasteiger partial charge is 0.355 e. The van der Waals surface area contributed by atoms with Crippen molar-refractivity contribution in [2.45, 2.75) is 56.9 Å². The third-order valence-corrected chi connectivity index (χ3v) is 6.05. The van der Waals surface area contributed by atoms with Gasteiger partial charge in [0.05, 0.1) is 0 Å². The van der Waals surface area contributed by atoms with Crippen molar-refractivity contribution in [2.75, 3.05) is 20.1 Å². The van der Waals surface area contributed by atoms with Gasteiger partial charge in [-0.1, -0.05) is 56.5 Å². The number of hydrogen-bond acceptors (Lipinski definition) is 3. The summed E-state index contributed by atoms with van der Waals surface area (Å²) in [6.45, 7) is 2.45. The fraction of sp³-hybridized carbons (Fsp3) is 0.571. The number of urea groups is 1. The number of benzene rings is 1. The summed E-state index contributed by atoms with van der Waals surface area (Å²) < 4.78 is 0. The van der Waals surface area contributed by atoms with Gasteiger partial charge >= 0.3 is 6.03 Å². The molecule has 146 valence electrons. The molecule has 1 aliphatic heterocycles. The monoisotopic (exact) mass is 371 g/mol. The molecule has 3 rings (SSSR count). The van der Waals surface area contributed by atoms with Crippen molar-refractivity contribution in [3.05, 3.63) is 35.9 Å². The lowest BCUT2D eigenvalue weighted by Gasteiger charge is -2.35. The van der Waals surface area contributed by atoms with E-state index in [1.807, 2.05) is 18.2 Å². The third kappa shape index (κ3) is 3.84. The average Bonchev–Trinajstić information content (AvgIpc) is 2.85. The van der Waals surface area contributed by atoms with E-state index in [0.717, 1.165) is 30.6 Å². The van der Waals surface area contributed by atoms with Gasteiger partial charge in [-0.3, -0.25) is 14.5 Å². The van der Waals surface area contributed by atoms with Gasteiger partial charge < -0.3 is 10.2 Å². The zero-order valence-corrected chi connectivity index (χ0v) is 16.2. The molecule has 1 N–H and O–H groups in total. The molecule has 0 aromatic heterocycles. The Bertz CT molecular complexity index is 698. The van der Waals surface area contributed by atoms with E-state index in [4.69, 9.17) is 0 Å². The zero-order valence-electron chi connectivity index (χ0n) is 16.2. The fourth-order valence-electron chi connectivity index (χ4n) is 4.25. The summed E-state index contributed by atoms with van der Waals surface area (Å²) in [5.74, 6) is -0.154. The second-order valence-corrected chi connectivity index (χ2v) is 7.78. The van der Waals surface area contributed by atoms with E-state index < -0.39 is 5.54 Å². The van der Waals surface area contributed by atoms with Gasteiger partial charge in [0.1, 0.15) is 12.1 Å². The minimum atomic E-state index is -0.725. The van der Waals surface area contributed by atoms with Crippen molar-refractivity contribution in [3.63, 3.8) is 0 Å². The highest BCUT2D eigenvalue weighted by Crippen LogP contribution is 2.39. The first kappa shape index (κ1) is 19.4. The highest BCUT2D eigenvalue weighted by molar-refractivity contribution is 6.08. The fourth-order valence-corrected chi connectivity index (χ4v) is 4.25. The molecule has 1 saturated heterocycles. The summed E-state index contributed by atoms with van der Waals surface area (Å²) in [6.07, 6.45) is 5.18. The molecule has 1 aromatic rings. The number of imide groups is 1. The van der Waals surface area contributed by atoms with Crippen LogP contribution in [0.2, 0.25) is 0 Å². The second-order valence-electron chi connectivity index (χ2n) is 7.78. The smallest absolute Gasteiger partial charge is 0.327 e. The van der Waals surface area contributed by atoms with Crippen LogP contribution in [0, 0.1) is 0 Å². The van der Waals surface area contributed by atoms with Crippen LogP contribution in [0.1, 0.15) is 56.9 Å². The van der Waals surface area contributed by atoms with Crippen LogP contribution in [-0.2, 0) is 9.59 Å². The topological polar surface area (TPSA) is 69.7 Å². The number of carbonyl (C=O) groups excluding carboxylic acids is 3. The first-order valence-corrected chi connectivity index (χ1v) is 9.87. The third-order valence-electron chi connectivity index (χ3n) is 6.05. The first-order valence-electron chi connectivity index (χ1n) is 9.87. The van der Waals surface area contributed by atoms with Crippen molar-refractivity contribution >= 4 is 17.8 Å². The zero-order chi connectivity index (χ0) is 19.4. The average molecular weight is 371 g/mol. The molecule has 6 heteroatoms. The van der Waals surface area contributed by atoms with Crippen LogP contribution < -0.4 is 5.32 Å². The van der Waals surface area contributed by atoms with E-state index in [9.17, 15) is 14.4 Å². The molecule has 2 aliphatic rings. The van der Waals surface area contributed by atoms with Gasteiger partial charge in [0, 0.05) is 13.6 Å². The number of hydrogen-bond donors (Lipinski definition) is 1. The summed E-state index contributed by atoms with van der Waals surface area (Å²) in [5, 5.41) is 2.85. The standard InChI is InChI=1S/C21H29N3O3/c1-16(17-9-5-3-6-10-17)11-14-22-18(25)15-24-19(26)21(23(2)20(24)27)12-7-4-8-13-21/h3,5-6,9-10,16H,4,7-8,11-15H2,1-2H3,(H,22,25). The van der Waals surface area contributed by atoms with Crippen molar-refractivity contribution < 1.29 is 14.4 Å². The lowest BCUT2D eigenvalue weighted by atomic mass is 9.81. The van der Waals surface area contributed by atoms with E-state index in [-0.39, 0.29) is 24.4 Å². The van der Waals surface area contributed by atoms with Gasteiger partial charge in [0.15, 0.2) is 0 Å². The van der Waals surface area contributed by atoms with Crippen molar-refractivity contribution in [3.8, 4) is 0 Å². The number of carbonyl (C=O) groups is 3. The maximum absolute atomic E-state index is 12.9. The normalized spacial score (nSPS) is 20.2.